The zero-order chi connectivity index (χ0) is 13.4. The number of nitrogens with zero attached hydrogens (tertiary/aromatic N) is 2. The van der Waals surface area contributed by atoms with Crippen molar-refractivity contribution >= 4 is 5.91 Å². The van der Waals surface area contributed by atoms with E-state index >= 15 is 0 Å². The predicted molar refractivity (Wildman–Crippen MR) is 71.7 cm³/mol. The lowest BCUT2D eigenvalue weighted by atomic mass is 10.2. The molecule has 0 spiro atoms. The van der Waals surface area contributed by atoms with Gasteiger partial charge in [0.1, 0.15) is 0 Å². The molecule has 0 N–H and O–H groups in total. The van der Waals surface area contributed by atoms with Gasteiger partial charge in [0.05, 0.1) is 12.2 Å². The van der Waals surface area contributed by atoms with Crippen LogP contribution in [-0.4, -0.2) is 42.6 Å². The van der Waals surface area contributed by atoms with E-state index in [1.807, 2.05) is 24.0 Å². The molecule has 0 atom stereocenters. The second-order valence-corrected chi connectivity index (χ2v) is 4.33. The minimum atomic E-state index is 0.0352. The third-order valence-electron chi connectivity index (χ3n) is 2.79. The SMILES string of the molecule is CCCCN(CCOC)C(=O)c1ccc(C)nc1. The fourth-order valence-electron chi connectivity index (χ4n) is 1.64. The van der Waals surface area contributed by atoms with Crippen molar-refractivity contribution in [2.75, 3.05) is 26.8 Å². The van der Waals surface area contributed by atoms with E-state index in [-0.39, 0.29) is 5.91 Å². The molecular weight excluding hydrogens is 228 g/mol. The van der Waals surface area contributed by atoms with Crippen LogP contribution < -0.4 is 0 Å². The number of unbranched alkanes of at least 4 members (excludes halogenated alkanes) is 1. The van der Waals surface area contributed by atoms with Crippen LogP contribution in [0.15, 0.2) is 18.3 Å². The Labute approximate surface area is 109 Å². The highest BCUT2D eigenvalue weighted by atomic mass is 16.5. The van der Waals surface area contributed by atoms with Gasteiger partial charge in [-0.25, -0.2) is 0 Å². The zero-order valence-electron chi connectivity index (χ0n) is 11.5. The highest BCUT2D eigenvalue weighted by molar-refractivity contribution is 5.93. The van der Waals surface area contributed by atoms with E-state index < -0.39 is 0 Å². The number of aryl methyl sites for hydroxylation is 1. The summed E-state index contributed by atoms with van der Waals surface area (Å²) in [5.41, 5.74) is 1.57. The summed E-state index contributed by atoms with van der Waals surface area (Å²) in [6, 6.07) is 3.69. The number of amides is 1. The lowest BCUT2D eigenvalue weighted by Gasteiger charge is -2.22. The first-order valence-electron chi connectivity index (χ1n) is 6.40. The maximum Gasteiger partial charge on any atom is 0.255 e. The molecule has 1 amide bonds. The number of hydrogen-bond acceptors (Lipinski definition) is 3. The standard InChI is InChI=1S/C14H22N2O2/c1-4-5-8-16(9-10-18-3)14(17)13-7-6-12(2)15-11-13/h6-7,11H,4-5,8-10H2,1-3H3. The fourth-order valence-corrected chi connectivity index (χ4v) is 1.64. The maximum atomic E-state index is 12.3. The smallest absolute Gasteiger partial charge is 0.255 e. The molecule has 0 bridgehead atoms. The summed E-state index contributed by atoms with van der Waals surface area (Å²) >= 11 is 0. The van der Waals surface area contributed by atoms with Gasteiger partial charge < -0.3 is 9.64 Å². The van der Waals surface area contributed by atoms with Crippen LogP contribution >= 0.6 is 0 Å². The van der Waals surface area contributed by atoms with E-state index in [4.69, 9.17) is 4.74 Å². The van der Waals surface area contributed by atoms with E-state index in [1.54, 1.807) is 13.3 Å². The zero-order valence-corrected chi connectivity index (χ0v) is 11.5. The molecule has 0 aliphatic heterocycles. The molecule has 0 aliphatic rings. The van der Waals surface area contributed by atoms with Crippen LogP contribution in [0.5, 0.6) is 0 Å². The second kappa shape index (κ2) is 7.82. The monoisotopic (exact) mass is 250 g/mol. The van der Waals surface area contributed by atoms with Gasteiger partial charge in [0.2, 0.25) is 0 Å². The number of carbonyl (C=O) groups excluding carboxylic acids is 1. The van der Waals surface area contributed by atoms with E-state index in [0.29, 0.717) is 18.7 Å². The van der Waals surface area contributed by atoms with Gasteiger partial charge in [0.25, 0.3) is 5.91 Å². The number of ether oxygens (including phenoxy) is 1. The average molecular weight is 250 g/mol. The van der Waals surface area contributed by atoms with E-state index in [0.717, 1.165) is 25.1 Å². The molecule has 18 heavy (non-hydrogen) atoms. The number of aromatic nitrogens is 1. The van der Waals surface area contributed by atoms with Gasteiger partial charge in [-0.2, -0.15) is 0 Å². The van der Waals surface area contributed by atoms with Crippen molar-refractivity contribution in [2.45, 2.75) is 26.7 Å². The van der Waals surface area contributed by atoms with Gasteiger partial charge in [-0.3, -0.25) is 9.78 Å². The first-order chi connectivity index (χ1) is 8.69. The van der Waals surface area contributed by atoms with Crippen molar-refractivity contribution < 1.29 is 9.53 Å². The molecule has 0 fully saturated rings. The summed E-state index contributed by atoms with van der Waals surface area (Å²) < 4.78 is 5.05. The summed E-state index contributed by atoms with van der Waals surface area (Å²) in [6.07, 6.45) is 3.72. The molecule has 1 aromatic rings. The Hall–Kier alpha value is -1.42. The molecule has 0 aromatic carbocycles. The third kappa shape index (κ3) is 4.45. The number of methoxy groups -OCH3 is 1. The lowest BCUT2D eigenvalue weighted by molar-refractivity contribution is 0.0692. The van der Waals surface area contributed by atoms with Crippen molar-refractivity contribution in [2.24, 2.45) is 0 Å². The molecule has 1 heterocycles. The largest absolute Gasteiger partial charge is 0.383 e. The van der Waals surface area contributed by atoms with Gasteiger partial charge in [-0.1, -0.05) is 13.3 Å². The van der Waals surface area contributed by atoms with Gasteiger partial charge in [0.15, 0.2) is 0 Å². The minimum Gasteiger partial charge on any atom is -0.383 e. The Morgan fingerprint density at radius 2 is 2.17 bits per heavy atom. The highest BCUT2D eigenvalue weighted by Gasteiger charge is 2.15. The Kier molecular flexibility index (Phi) is 6.36. The Morgan fingerprint density at radius 3 is 2.72 bits per heavy atom. The van der Waals surface area contributed by atoms with Crippen LogP contribution in [0, 0.1) is 6.92 Å². The molecular formula is C14H22N2O2. The van der Waals surface area contributed by atoms with Crippen molar-refractivity contribution in [1.82, 2.24) is 9.88 Å². The maximum absolute atomic E-state index is 12.3. The van der Waals surface area contributed by atoms with E-state index in [9.17, 15) is 4.79 Å². The van der Waals surface area contributed by atoms with Gasteiger partial charge in [0, 0.05) is 32.1 Å². The molecule has 100 valence electrons. The van der Waals surface area contributed by atoms with Gasteiger partial charge in [-0.15, -0.1) is 0 Å². The number of hydrogen-bond donors (Lipinski definition) is 0. The summed E-state index contributed by atoms with van der Waals surface area (Å²) in [5.74, 6) is 0.0352. The number of pyridine rings is 1. The van der Waals surface area contributed by atoms with Gasteiger partial charge >= 0.3 is 0 Å². The third-order valence-corrected chi connectivity index (χ3v) is 2.79. The van der Waals surface area contributed by atoms with Crippen LogP contribution in [-0.2, 0) is 4.74 Å². The molecule has 4 heteroatoms. The fraction of sp³-hybridized carbons (Fsp3) is 0.571. The average Bonchev–Trinajstić information content (AvgIpc) is 2.39. The van der Waals surface area contributed by atoms with Crippen molar-refractivity contribution in [3.05, 3.63) is 29.6 Å². The number of carbonyl (C=O) groups is 1. The molecule has 1 aromatic heterocycles. The molecule has 0 radical (unpaired) electrons. The van der Waals surface area contributed by atoms with Crippen LogP contribution in [0.3, 0.4) is 0 Å². The first kappa shape index (κ1) is 14.6. The molecule has 1 rings (SSSR count). The summed E-state index contributed by atoms with van der Waals surface area (Å²) in [4.78, 5) is 18.3. The Bertz CT molecular complexity index is 355. The summed E-state index contributed by atoms with van der Waals surface area (Å²) in [7, 11) is 1.65. The van der Waals surface area contributed by atoms with Crippen LogP contribution in [0.1, 0.15) is 35.8 Å². The molecule has 0 unspecified atom stereocenters. The van der Waals surface area contributed by atoms with Crippen LogP contribution in [0.2, 0.25) is 0 Å². The van der Waals surface area contributed by atoms with Crippen LogP contribution in [0.25, 0.3) is 0 Å². The highest BCUT2D eigenvalue weighted by Crippen LogP contribution is 2.06. The summed E-state index contributed by atoms with van der Waals surface area (Å²) in [6.45, 7) is 5.99. The van der Waals surface area contributed by atoms with Crippen molar-refractivity contribution in [3.63, 3.8) is 0 Å². The molecule has 0 saturated heterocycles. The van der Waals surface area contributed by atoms with E-state index in [2.05, 4.69) is 11.9 Å². The van der Waals surface area contributed by atoms with Gasteiger partial charge in [-0.05, 0) is 25.5 Å². The second-order valence-electron chi connectivity index (χ2n) is 4.33. The first-order valence-corrected chi connectivity index (χ1v) is 6.40. The molecule has 0 saturated carbocycles. The topological polar surface area (TPSA) is 42.4 Å². The predicted octanol–water partition coefficient (Wildman–Crippen LogP) is 2.28. The van der Waals surface area contributed by atoms with Crippen molar-refractivity contribution in [1.29, 1.82) is 0 Å². The van der Waals surface area contributed by atoms with Crippen molar-refractivity contribution in [3.8, 4) is 0 Å². The minimum absolute atomic E-state index is 0.0352. The normalized spacial score (nSPS) is 10.4. The van der Waals surface area contributed by atoms with E-state index in [1.165, 1.54) is 0 Å². The lowest BCUT2D eigenvalue weighted by Crippen LogP contribution is -2.34. The molecule has 4 nitrogen and oxygen atoms in total. The Morgan fingerprint density at radius 1 is 1.39 bits per heavy atom. The Balaban J connectivity index is 2.70. The summed E-state index contributed by atoms with van der Waals surface area (Å²) in [5, 5.41) is 0. The molecule has 0 aliphatic carbocycles. The quantitative estimate of drug-likeness (QED) is 0.745. The van der Waals surface area contributed by atoms with Crippen LogP contribution in [0.4, 0.5) is 0 Å². The number of rotatable bonds is 7.